The summed E-state index contributed by atoms with van der Waals surface area (Å²) in [6.45, 7) is 1.97. The maximum atomic E-state index is 9.14. The standard InChI is InChI=1S/C19H23N7/c1-22-14-5-6-26(11-14)18-16-3-2-4-17(16)24-19(25-18)23-15-8-12(10-20)7-13(21)9-15/h7-9,14,22H,2-6,11,21H2,1H3,(H,23,24,25). The van der Waals surface area contributed by atoms with Crippen molar-refractivity contribution in [3.05, 3.63) is 35.0 Å². The zero-order chi connectivity index (χ0) is 18.1. The maximum Gasteiger partial charge on any atom is 0.229 e. The largest absolute Gasteiger partial charge is 0.399 e. The van der Waals surface area contributed by atoms with Crippen molar-refractivity contribution in [3.8, 4) is 6.07 Å². The Morgan fingerprint density at radius 1 is 1.27 bits per heavy atom. The molecule has 0 spiro atoms. The molecule has 0 radical (unpaired) electrons. The first-order valence-electron chi connectivity index (χ1n) is 9.06. The lowest BCUT2D eigenvalue weighted by Gasteiger charge is -2.21. The van der Waals surface area contributed by atoms with Crippen LogP contribution in [0.5, 0.6) is 0 Å². The minimum atomic E-state index is 0.505. The number of nitrogens with one attached hydrogen (secondary N) is 2. The summed E-state index contributed by atoms with van der Waals surface area (Å²) in [6.07, 6.45) is 4.28. The number of rotatable bonds is 4. The topological polar surface area (TPSA) is 103 Å². The van der Waals surface area contributed by atoms with Gasteiger partial charge in [-0.2, -0.15) is 10.2 Å². The van der Waals surface area contributed by atoms with Crippen LogP contribution in [0.4, 0.5) is 23.1 Å². The van der Waals surface area contributed by atoms with E-state index in [9.17, 15) is 0 Å². The Hall–Kier alpha value is -2.85. The molecule has 4 rings (SSSR count). The molecule has 2 aliphatic rings. The van der Waals surface area contributed by atoms with Crippen LogP contribution in [0.3, 0.4) is 0 Å². The van der Waals surface area contributed by atoms with Gasteiger partial charge in [0.2, 0.25) is 5.95 Å². The molecule has 1 aliphatic carbocycles. The predicted octanol–water partition coefficient (Wildman–Crippen LogP) is 1.96. The molecule has 134 valence electrons. The molecule has 7 nitrogen and oxygen atoms in total. The summed E-state index contributed by atoms with van der Waals surface area (Å²) in [5.41, 5.74) is 10.1. The van der Waals surface area contributed by atoms with Crippen LogP contribution < -0.4 is 21.3 Å². The van der Waals surface area contributed by atoms with Gasteiger partial charge in [0.05, 0.1) is 17.3 Å². The molecule has 1 aromatic carbocycles. The fourth-order valence-electron chi connectivity index (χ4n) is 3.84. The highest BCUT2D eigenvalue weighted by Gasteiger charge is 2.28. The van der Waals surface area contributed by atoms with Crippen molar-refractivity contribution in [3.63, 3.8) is 0 Å². The third kappa shape index (κ3) is 3.16. The number of nitrogens with zero attached hydrogens (tertiary/aromatic N) is 4. The number of fused-ring (bicyclic) bond motifs is 1. The molecule has 1 unspecified atom stereocenters. The van der Waals surface area contributed by atoms with Crippen LogP contribution >= 0.6 is 0 Å². The van der Waals surface area contributed by atoms with E-state index in [4.69, 9.17) is 21.0 Å². The fraction of sp³-hybridized carbons (Fsp3) is 0.421. The maximum absolute atomic E-state index is 9.14. The average molecular weight is 349 g/mol. The molecule has 1 atom stereocenters. The molecule has 26 heavy (non-hydrogen) atoms. The number of anilines is 4. The molecule has 0 saturated carbocycles. The summed E-state index contributed by atoms with van der Waals surface area (Å²) < 4.78 is 0. The number of likely N-dealkylation sites (N-methyl/N-ethyl adjacent to an activating group) is 1. The molecule has 2 heterocycles. The molecule has 1 aromatic heterocycles. The Balaban J connectivity index is 1.67. The van der Waals surface area contributed by atoms with E-state index in [1.165, 1.54) is 5.56 Å². The van der Waals surface area contributed by atoms with Gasteiger partial charge in [-0.05, 0) is 50.9 Å². The van der Waals surface area contributed by atoms with Gasteiger partial charge in [0.25, 0.3) is 0 Å². The second-order valence-corrected chi connectivity index (χ2v) is 6.95. The summed E-state index contributed by atoms with van der Waals surface area (Å²) >= 11 is 0. The summed E-state index contributed by atoms with van der Waals surface area (Å²) in [4.78, 5) is 11.9. The van der Waals surface area contributed by atoms with Gasteiger partial charge in [0, 0.05) is 36.1 Å². The fourth-order valence-corrected chi connectivity index (χ4v) is 3.84. The van der Waals surface area contributed by atoms with E-state index in [-0.39, 0.29) is 0 Å². The summed E-state index contributed by atoms with van der Waals surface area (Å²) in [7, 11) is 2.01. The van der Waals surface area contributed by atoms with E-state index in [0.29, 0.717) is 23.2 Å². The van der Waals surface area contributed by atoms with E-state index >= 15 is 0 Å². The monoisotopic (exact) mass is 349 g/mol. The van der Waals surface area contributed by atoms with E-state index < -0.39 is 0 Å². The first-order chi connectivity index (χ1) is 12.7. The van der Waals surface area contributed by atoms with Crippen molar-refractivity contribution < 1.29 is 0 Å². The first kappa shape index (κ1) is 16.6. The van der Waals surface area contributed by atoms with Crippen LogP contribution in [0.25, 0.3) is 0 Å². The van der Waals surface area contributed by atoms with Crippen LogP contribution in [-0.2, 0) is 12.8 Å². The van der Waals surface area contributed by atoms with Gasteiger partial charge in [0.1, 0.15) is 5.82 Å². The third-order valence-electron chi connectivity index (χ3n) is 5.15. The third-order valence-corrected chi connectivity index (χ3v) is 5.15. The Bertz CT molecular complexity index is 871. The Morgan fingerprint density at radius 2 is 2.15 bits per heavy atom. The SMILES string of the molecule is CNC1CCN(c2nc(Nc3cc(N)cc(C#N)c3)nc3c2CCC3)C1. The van der Waals surface area contributed by atoms with Gasteiger partial charge in [-0.25, -0.2) is 4.98 Å². The van der Waals surface area contributed by atoms with Gasteiger partial charge in [-0.15, -0.1) is 0 Å². The molecule has 2 aromatic rings. The number of aromatic nitrogens is 2. The number of hydrogen-bond donors (Lipinski definition) is 3. The van der Waals surface area contributed by atoms with E-state index in [2.05, 4.69) is 21.6 Å². The normalized spacial score (nSPS) is 18.6. The number of nitrogen functional groups attached to an aromatic ring is 1. The van der Waals surface area contributed by atoms with Crippen LogP contribution in [0.2, 0.25) is 0 Å². The summed E-state index contributed by atoms with van der Waals surface area (Å²) in [6, 6.07) is 7.85. The highest BCUT2D eigenvalue weighted by Crippen LogP contribution is 2.32. The van der Waals surface area contributed by atoms with E-state index in [1.54, 1.807) is 18.2 Å². The predicted molar refractivity (Wildman–Crippen MR) is 103 cm³/mol. The number of nitrogens with two attached hydrogens (primary N) is 1. The average Bonchev–Trinajstić information content (AvgIpc) is 3.29. The number of hydrogen-bond acceptors (Lipinski definition) is 7. The van der Waals surface area contributed by atoms with Gasteiger partial charge >= 0.3 is 0 Å². The van der Waals surface area contributed by atoms with E-state index in [1.807, 2.05) is 7.05 Å². The molecule has 7 heteroatoms. The molecule has 0 amide bonds. The first-order valence-corrected chi connectivity index (χ1v) is 9.06. The van der Waals surface area contributed by atoms with E-state index in [0.717, 1.165) is 56.0 Å². The van der Waals surface area contributed by atoms with Gasteiger partial charge in [-0.1, -0.05) is 0 Å². The number of benzene rings is 1. The van der Waals surface area contributed by atoms with Crippen LogP contribution in [0.15, 0.2) is 18.2 Å². The highest BCUT2D eigenvalue weighted by atomic mass is 15.3. The molecule has 4 N–H and O–H groups in total. The van der Waals surface area contributed by atoms with Crippen LogP contribution in [-0.4, -0.2) is 36.1 Å². The second kappa shape index (κ2) is 6.81. The van der Waals surface area contributed by atoms with Crippen molar-refractivity contribution in [1.82, 2.24) is 15.3 Å². The number of nitriles is 1. The highest BCUT2D eigenvalue weighted by molar-refractivity contribution is 5.65. The Labute approximate surface area is 153 Å². The minimum absolute atomic E-state index is 0.505. The van der Waals surface area contributed by atoms with Crippen molar-refractivity contribution in [2.24, 2.45) is 0 Å². The molecule has 1 saturated heterocycles. The van der Waals surface area contributed by atoms with Crippen molar-refractivity contribution in [2.75, 3.05) is 36.1 Å². The molecule has 0 bridgehead atoms. The summed E-state index contributed by atoms with van der Waals surface area (Å²) in [5, 5.41) is 15.7. The summed E-state index contributed by atoms with van der Waals surface area (Å²) in [5.74, 6) is 1.63. The Morgan fingerprint density at radius 3 is 2.92 bits per heavy atom. The lowest BCUT2D eigenvalue weighted by atomic mass is 10.2. The van der Waals surface area contributed by atoms with Crippen LogP contribution in [0.1, 0.15) is 29.7 Å². The molecular formula is C19H23N7. The molecule has 1 aliphatic heterocycles. The number of aryl methyl sites for hydroxylation is 1. The van der Waals surface area contributed by atoms with Crippen LogP contribution in [0, 0.1) is 11.3 Å². The lowest BCUT2D eigenvalue weighted by molar-refractivity contribution is 0.616. The van der Waals surface area contributed by atoms with Crippen molar-refractivity contribution in [2.45, 2.75) is 31.7 Å². The zero-order valence-corrected chi connectivity index (χ0v) is 14.9. The Kier molecular flexibility index (Phi) is 4.35. The quantitative estimate of drug-likeness (QED) is 0.725. The minimum Gasteiger partial charge on any atom is -0.399 e. The van der Waals surface area contributed by atoms with Gasteiger partial charge < -0.3 is 21.3 Å². The lowest BCUT2D eigenvalue weighted by Crippen LogP contribution is -2.30. The second-order valence-electron chi connectivity index (χ2n) is 6.95. The smallest absolute Gasteiger partial charge is 0.229 e. The van der Waals surface area contributed by atoms with Gasteiger partial charge in [-0.3, -0.25) is 0 Å². The van der Waals surface area contributed by atoms with Gasteiger partial charge in [0.15, 0.2) is 0 Å². The zero-order valence-electron chi connectivity index (χ0n) is 14.9. The van der Waals surface area contributed by atoms with Crippen molar-refractivity contribution in [1.29, 1.82) is 5.26 Å². The van der Waals surface area contributed by atoms with Crippen molar-refractivity contribution >= 4 is 23.1 Å². The molecular weight excluding hydrogens is 326 g/mol. The molecule has 1 fully saturated rings.